The molecular weight excluding hydrogens is 304 g/mol. The summed E-state index contributed by atoms with van der Waals surface area (Å²) in [4.78, 5) is 0. The Kier molecular flexibility index (Phi) is 14.4. The predicted octanol–water partition coefficient (Wildman–Crippen LogP) is 5.81. The smallest absolute Gasteiger partial charge is 0.322 e. The van der Waals surface area contributed by atoms with Crippen LogP contribution in [0, 0.1) is 0 Å². The molecule has 0 aromatic rings. The first-order valence-electron chi connectivity index (χ1n) is 9.76. The Morgan fingerprint density at radius 3 is 1.75 bits per heavy atom. The predicted molar refractivity (Wildman–Crippen MR) is 99.9 cm³/mol. The summed E-state index contributed by atoms with van der Waals surface area (Å²) in [6, 6.07) is 0. The lowest BCUT2D eigenvalue weighted by Gasteiger charge is -2.38. The van der Waals surface area contributed by atoms with Gasteiger partial charge in [0.25, 0.3) is 0 Å². The van der Waals surface area contributed by atoms with Crippen molar-refractivity contribution >= 4 is 0 Å². The quantitative estimate of drug-likeness (QED) is 0.201. The van der Waals surface area contributed by atoms with Crippen LogP contribution in [0.25, 0.3) is 0 Å². The van der Waals surface area contributed by atoms with Crippen molar-refractivity contribution in [2.45, 2.75) is 98.6 Å². The molecule has 1 atom stereocenters. The molecule has 0 aliphatic heterocycles. The van der Waals surface area contributed by atoms with Gasteiger partial charge in [0, 0.05) is 19.8 Å². The maximum Gasteiger partial charge on any atom is 0.322 e. The third-order valence-electron chi connectivity index (χ3n) is 3.72. The minimum Gasteiger partial charge on any atom is -0.490 e. The third kappa shape index (κ3) is 9.65. The Bertz CT molecular complexity index is 294. The van der Waals surface area contributed by atoms with Gasteiger partial charge < -0.3 is 18.9 Å². The van der Waals surface area contributed by atoms with Crippen molar-refractivity contribution in [3.8, 4) is 0 Å². The Labute approximate surface area is 149 Å². The van der Waals surface area contributed by atoms with E-state index in [4.69, 9.17) is 18.9 Å². The summed E-state index contributed by atoms with van der Waals surface area (Å²) in [6.45, 7) is 13.7. The normalized spacial score (nSPS) is 12.9. The van der Waals surface area contributed by atoms with E-state index in [9.17, 15) is 0 Å². The maximum atomic E-state index is 6.02. The molecule has 0 aliphatic carbocycles. The summed E-state index contributed by atoms with van der Waals surface area (Å²) in [5, 5.41) is 0. The van der Waals surface area contributed by atoms with E-state index in [0.717, 1.165) is 18.4 Å². The molecule has 0 bridgehead atoms. The SMILES string of the molecule is CCCCCCCCC(OC=C(C)C)C(OCC)(OCC)OCC. The Morgan fingerprint density at radius 2 is 1.29 bits per heavy atom. The number of unbranched alkanes of at least 4 members (excludes halogenated alkanes) is 5. The first-order chi connectivity index (χ1) is 11.6. The number of hydrogen-bond donors (Lipinski definition) is 0. The van der Waals surface area contributed by atoms with E-state index in [2.05, 4.69) is 6.92 Å². The molecule has 0 rings (SSSR count). The van der Waals surface area contributed by atoms with Gasteiger partial charge in [-0.25, -0.2) is 0 Å². The highest BCUT2D eigenvalue weighted by atomic mass is 16.9. The monoisotopic (exact) mass is 344 g/mol. The highest BCUT2D eigenvalue weighted by Gasteiger charge is 2.43. The summed E-state index contributed by atoms with van der Waals surface area (Å²) in [5.41, 5.74) is 1.11. The zero-order chi connectivity index (χ0) is 18.3. The molecule has 0 fully saturated rings. The van der Waals surface area contributed by atoms with Gasteiger partial charge in [-0.05, 0) is 53.0 Å². The van der Waals surface area contributed by atoms with Gasteiger partial charge in [-0.15, -0.1) is 0 Å². The van der Waals surface area contributed by atoms with Crippen LogP contribution in [-0.2, 0) is 18.9 Å². The molecule has 0 saturated heterocycles. The highest BCUT2D eigenvalue weighted by molar-refractivity contribution is 4.88. The van der Waals surface area contributed by atoms with E-state index in [-0.39, 0.29) is 6.10 Å². The topological polar surface area (TPSA) is 36.9 Å². The molecule has 144 valence electrons. The van der Waals surface area contributed by atoms with Gasteiger partial charge in [-0.2, -0.15) is 0 Å². The van der Waals surface area contributed by atoms with Crippen LogP contribution in [0.5, 0.6) is 0 Å². The van der Waals surface area contributed by atoms with Gasteiger partial charge in [0.2, 0.25) is 0 Å². The lowest BCUT2D eigenvalue weighted by molar-refractivity contribution is -0.410. The van der Waals surface area contributed by atoms with Gasteiger partial charge in [-0.3, -0.25) is 0 Å². The van der Waals surface area contributed by atoms with Crippen LogP contribution in [0.15, 0.2) is 11.8 Å². The van der Waals surface area contributed by atoms with Crippen molar-refractivity contribution in [3.05, 3.63) is 11.8 Å². The van der Waals surface area contributed by atoms with E-state index in [1.807, 2.05) is 34.6 Å². The largest absolute Gasteiger partial charge is 0.490 e. The van der Waals surface area contributed by atoms with Crippen LogP contribution in [0.2, 0.25) is 0 Å². The second-order valence-corrected chi connectivity index (χ2v) is 6.28. The van der Waals surface area contributed by atoms with Gasteiger partial charge >= 0.3 is 5.97 Å². The van der Waals surface area contributed by atoms with Crippen LogP contribution in [0.4, 0.5) is 0 Å². The van der Waals surface area contributed by atoms with Crippen molar-refractivity contribution in [2.24, 2.45) is 0 Å². The number of ether oxygens (including phenoxy) is 4. The zero-order valence-electron chi connectivity index (χ0n) is 16.9. The van der Waals surface area contributed by atoms with Gasteiger partial charge in [0.15, 0.2) is 6.10 Å². The first-order valence-corrected chi connectivity index (χ1v) is 9.76. The highest BCUT2D eigenvalue weighted by Crippen LogP contribution is 2.28. The first kappa shape index (κ1) is 23.4. The van der Waals surface area contributed by atoms with Gasteiger partial charge in [0.05, 0.1) is 6.26 Å². The third-order valence-corrected chi connectivity index (χ3v) is 3.72. The summed E-state index contributed by atoms with van der Waals surface area (Å²) >= 11 is 0. The van der Waals surface area contributed by atoms with Crippen LogP contribution >= 0.6 is 0 Å². The van der Waals surface area contributed by atoms with E-state index in [0.29, 0.717) is 19.8 Å². The number of rotatable bonds is 16. The van der Waals surface area contributed by atoms with E-state index < -0.39 is 5.97 Å². The van der Waals surface area contributed by atoms with E-state index in [1.165, 1.54) is 32.1 Å². The molecule has 0 saturated carbocycles. The second-order valence-electron chi connectivity index (χ2n) is 6.28. The summed E-state index contributed by atoms with van der Waals surface area (Å²) in [5.74, 6) is -1.12. The molecule has 4 nitrogen and oxygen atoms in total. The molecule has 0 spiro atoms. The number of allylic oxidation sites excluding steroid dienone is 1. The van der Waals surface area contributed by atoms with Crippen molar-refractivity contribution in [1.29, 1.82) is 0 Å². The molecule has 0 amide bonds. The standard InChI is InChI=1S/C20H40O4/c1-7-11-12-13-14-15-16-19(21-17-18(5)6)20(22-8-2,23-9-3)24-10-4/h17,19H,7-16H2,1-6H3. The molecule has 0 aromatic carbocycles. The van der Waals surface area contributed by atoms with Crippen LogP contribution in [0.3, 0.4) is 0 Å². The summed E-state index contributed by atoms with van der Waals surface area (Å²) in [7, 11) is 0. The van der Waals surface area contributed by atoms with Crippen LogP contribution in [-0.4, -0.2) is 31.9 Å². The van der Waals surface area contributed by atoms with Crippen LogP contribution in [0.1, 0.15) is 86.5 Å². The summed E-state index contributed by atoms with van der Waals surface area (Å²) in [6.07, 6.45) is 9.83. The Balaban J connectivity index is 4.90. The van der Waals surface area contributed by atoms with Crippen molar-refractivity contribution in [1.82, 2.24) is 0 Å². The average Bonchev–Trinajstić information content (AvgIpc) is 2.53. The molecular formula is C20H40O4. The second kappa shape index (κ2) is 14.7. The average molecular weight is 345 g/mol. The number of hydrogen-bond acceptors (Lipinski definition) is 4. The molecule has 0 radical (unpaired) electrons. The van der Waals surface area contributed by atoms with Crippen molar-refractivity contribution in [2.75, 3.05) is 19.8 Å². The van der Waals surface area contributed by atoms with E-state index in [1.54, 1.807) is 6.26 Å². The summed E-state index contributed by atoms with van der Waals surface area (Å²) < 4.78 is 23.7. The van der Waals surface area contributed by atoms with Crippen molar-refractivity contribution in [3.63, 3.8) is 0 Å². The molecule has 0 aromatic heterocycles. The van der Waals surface area contributed by atoms with E-state index >= 15 is 0 Å². The Morgan fingerprint density at radius 1 is 0.792 bits per heavy atom. The fourth-order valence-corrected chi connectivity index (χ4v) is 2.66. The maximum absolute atomic E-state index is 6.02. The molecule has 24 heavy (non-hydrogen) atoms. The minimum absolute atomic E-state index is 0.265. The van der Waals surface area contributed by atoms with Crippen LogP contribution < -0.4 is 0 Å². The lowest BCUT2D eigenvalue weighted by atomic mass is 10.1. The molecule has 1 unspecified atom stereocenters. The molecule has 0 aliphatic rings. The molecule has 0 N–H and O–H groups in total. The Hall–Kier alpha value is -0.580. The fraction of sp³-hybridized carbons (Fsp3) is 0.900. The van der Waals surface area contributed by atoms with Gasteiger partial charge in [-0.1, -0.05) is 39.0 Å². The fourth-order valence-electron chi connectivity index (χ4n) is 2.66. The zero-order valence-corrected chi connectivity index (χ0v) is 16.9. The van der Waals surface area contributed by atoms with Crippen molar-refractivity contribution < 1.29 is 18.9 Å². The molecule has 0 heterocycles. The lowest BCUT2D eigenvalue weighted by Crippen LogP contribution is -2.51. The van der Waals surface area contributed by atoms with Gasteiger partial charge in [0.1, 0.15) is 0 Å². The minimum atomic E-state index is -1.12. The molecule has 4 heteroatoms.